The summed E-state index contributed by atoms with van der Waals surface area (Å²) < 4.78 is 0. The Bertz CT molecular complexity index is 2110. The van der Waals surface area contributed by atoms with E-state index in [1.807, 2.05) is 0 Å². The summed E-state index contributed by atoms with van der Waals surface area (Å²) in [5.41, 5.74) is 0.532. The van der Waals surface area contributed by atoms with Crippen LogP contribution in [0.3, 0.4) is 0 Å². The molecule has 4 aliphatic carbocycles. The van der Waals surface area contributed by atoms with Crippen molar-refractivity contribution in [1.29, 1.82) is 0 Å². The number of carboxylic acids is 1. The molecule has 0 radical (unpaired) electrons. The van der Waals surface area contributed by atoms with Gasteiger partial charge in [0.25, 0.3) is 11.6 Å². The molecule has 4 aliphatic rings. The van der Waals surface area contributed by atoms with E-state index in [-0.39, 0.29) is 59.5 Å². The number of likely N-dealkylation sites (N-methyl/N-ethyl adjacent to an activating group) is 1. The van der Waals surface area contributed by atoms with Crippen molar-refractivity contribution < 1.29 is 49.2 Å². The Morgan fingerprint density at radius 2 is 1.49 bits per heavy atom. The van der Waals surface area contributed by atoms with Crippen molar-refractivity contribution in [3.8, 4) is 0 Å². The number of nitro groups is 1. The predicted molar refractivity (Wildman–Crippen MR) is 254 cm³/mol. The van der Waals surface area contributed by atoms with E-state index in [4.69, 9.17) is 0 Å². The molecule has 0 bridgehead atoms. The quantitative estimate of drug-likeness (QED) is 0.0342. The van der Waals surface area contributed by atoms with Gasteiger partial charge in [-0.2, -0.15) is 0 Å². The number of unbranched alkanes of at least 4 members (excludes halogenated alkanes) is 1. The number of carboxylic acid groups (broad SMARTS) is 1. The highest BCUT2D eigenvalue weighted by Gasteiger charge is 2.60. The topological polar surface area (TPSA) is 270 Å². The molecule has 4 amide bonds. The van der Waals surface area contributed by atoms with Gasteiger partial charge in [-0.05, 0) is 179 Å². The van der Waals surface area contributed by atoms with E-state index < -0.39 is 41.7 Å². The molecule has 2 aromatic carbocycles. The summed E-state index contributed by atoms with van der Waals surface area (Å²) in [6.45, 7) is 7.61. The van der Waals surface area contributed by atoms with Crippen molar-refractivity contribution in [3.05, 3.63) is 58.1 Å². The van der Waals surface area contributed by atoms with Crippen molar-refractivity contribution in [1.82, 2.24) is 16.0 Å². The van der Waals surface area contributed by atoms with Gasteiger partial charge in [0.1, 0.15) is 6.04 Å². The van der Waals surface area contributed by atoms with Crippen LogP contribution in [-0.2, 0) is 19.2 Å². The number of nitro benzene ring substituents is 1. The molecule has 0 aliphatic heterocycles. The highest BCUT2D eigenvalue weighted by molar-refractivity contribution is 6.58. The third-order valence-electron chi connectivity index (χ3n) is 16.5. The number of carbonyl (C=O) groups is 5. The average Bonchev–Trinajstić information content (AvgIpc) is 3.66. The molecule has 0 saturated heterocycles. The van der Waals surface area contributed by atoms with Gasteiger partial charge in [-0.15, -0.1) is 0 Å². The molecule has 4 fully saturated rings. The second-order valence-electron chi connectivity index (χ2n) is 20.5. The molecule has 11 atom stereocenters. The average molecular weight is 931 g/mol. The van der Waals surface area contributed by atoms with E-state index in [0.717, 1.165) is 49.3 Å². The van der Waals surface area contributed by atoms with E-state index in [0.29, 0.717) is 72.7 Å². The van der Waals surface area contributed by atoms with Gasteiger partial charge in [0.15, 0.2) is 0 Å². The minimum atomic E-state index is -2.01. The first-order valence-electron chi connectivity index (χ1n) is 24.3. The molecule has 0 spiro atoms. The lowest BCUT2D eigenvalue weighted by Gasteiger charge is -2.61. The van der Waals surface area contributed by atoms with Crippen molar-refractivity contribution >= 4 is 59.2 Å². The number of rotatable bonds is 21. The van der Waals surface area contributed by atoms with Crippen LogP contribution in [0.4, 0.5) is 17.1 Å². The Morgan fingerprint density at radius 3 is 2.16 bits per heavy atom. The van der Waals surface area contributed by atoms with Gasteiger partial charge in [0.2, 0.25) is 17.7 Å². The Hall–Kier alpha value is -4.91. The SMILES string of the molecule is CNC(CCCCNC(=O)CCC(NC(=O)CCC(C)C1CCC2C3CC[C@H]4C[C@@H](O)CC[C@@]4(C)C3CC[C@@]12C)C(=O)O)C(=O)Nc1ccc(NC(=O)c2cc(B(O)O)cc([N+](=O)[O-])c2)cc1. The molecule has 366 valence electrons. The number of carbonyl (C=O) groups excluding carboxylic acids is 4. The molecule has 17 nitrogen and oxygen atoms in total. The highest BCUT2D eigenvalue weighted by atomic mass is 16.6. The summed E-state index contributed by atoms with van der Waals surface area (Å²) in [7, 11) is -0.351. The maximum Gasteiger partial charge on any atom is 0.488 e. The van der Waals surface area contributed by atoms with Crippen molar-refractivity contribution in [2.24, 2.45) is 46.3 Å². The van der Waals surface area contributed by atoms with Crippen LogP contribution in [0.1, 0.15) is 134 Å². The molecule has 18 heteroatoms. The van der Waals surface area contributed by atoms with Gasteiger partial charge >= 0.3 is 13.1 Å². The van der Waals surface area contributed by atoms with E-state index in [2.05, 4.69) is 47.4 Å². The number of aliphatic carboxylic acids is 1. The summed E-state index contributed by atoms with van der Waals surface area (Å²) >= 11 is 0. The maximum atomic E-state index is 13.1. The number of aliphatic hydroxyl groups excluding tert-OH is 1. The summed E-state index contributed by atoms with van der Waals surface area (Å²) in [4.78, 5) is 74.2. The van der Waals surface area contributed by atoms with Crippen LogP contribution in [0.25, 0.3) is 0 Å². The number of aliphatic hydroxyl groups is 1. The number of anilines is 2. The fourth-order valence-electron chi connectivity index (χ4n) is 12.9. The lowest BCUT2D eigenvalue weighted by Crippen LogP contribution is -2.54. The van der Waals surface area contributed by atoms with Crippen LogP contribution in [0.5, 0.6) is 0 Å². The zero-order valence-corrected chi connectivity index (χ0v) is 39.4. The predicted octanol–water partition coefficient (Wildman–Crippen LogP) is 5.13. The first kappa shape index (κ1) is 51.5. The van der Waals surface area contributed by atoms with Gasteiger partial charge in [0, 0.05) is 48.5 Å². The van der Waals surface area contributed by atoms with E-state index in [9.17, 15) is 54.3 Å². The number of non-ortho nitro benzene ring substituents is 1. The van der Waals surface area contributed by atoms with Crippen LogP contribution in [0.2, 0.25) is 0 Å². The van der Waals surface area contributed by atoms with Crippen LogP contribution in [0, 0.1) is 56.5 Å². The number of nitrogens with one attached hydrogen (secondary N) is 5. The molecule has 9 N–H and O–H groups in total. The monoisotopic (exact) mass is 931 g/mol. The number of amides is 4. The molecule has 0 heterocycles. The smallest absolute Gasteiger partial charge is 0.480 e. The highest BCUT2D eigenvalue weighted by Crippen LogP contribution is 2.68. The second-order valence-corrected chi connectivity index (χ2v) is 20.5. The molecule has 7 unspecified atom stereocenters. The number of hydrogen-bond acceptors (Lipinski definition) is 11. The maximum absolute atomic E-state index is 13.1. The summed E-state index contributed by atoms with van der Waals surface area (Å²) in [6.07, 6.45) is 12.7. The van der Waals surface area contributed by atoms with E-state index >= 15 is 0 Å². The number of fused-ring (bicyclic) bond motifs is 5. The minimum absolute atomic E-state index is 0.0320. The Morgan fingerprint density at radius 1 is 0.821 bits per heavy atom. The minimum Gasteiger partial charge on any atom is -0.480 e. The molecule has 0 aromatic heterocycles. The van der Waals surface area contributed by atoms with Crippen molar-refractivity contribution in [3.63, 3.8) is 0 Å². The summed E-state index contributed by atoms with van der Waals surface area (Å²) in [6, 6.07) is 7.59. The second kappa shape index (κ2) is 22.5. The molecule has 4 saturated carbocycles. The summed E-state index contributed by atoms with van der Waals surface area (Å²) in [5, 5.41) is 64.3. The third kappa shape index (κ3) is 12.4. The fraction of sp³-hybridized carbons (Fsp3) is 0.653. The van der Waals surface area contributed by atoms with Gasteiger partial charge in [0.05, 0.1) is 17.1 Å². The third-order valence-corrected chi connectivity index (χ3v) is 16.5. The van der Waals surface area contributed by atoms with Gasteiger partial charge in [-0.1, -0.05) is 20.8 Å². The number of nitrogens with zero attached hydrogens (tertiary/aromatic N) is 1. The van der Waals surface area contributed by atoms with Crippen molar-refractivity contribution in [2.45, 2.75) is 142 Å². The van der Waals surface area contributed by atoms with E-state index in [1.165, 1.54) is 50.7 Å². The lowest BCUT2D eigenvalue weighted by molar-refractivity contribution is -0.384. The first-order chi connectivity index (χ1) is 31.8. The molecule has 6 rings (SSSR count). The van der Waals surface area contributed by atoms with Crippen LogP contribution < -0.4 is 32.0 Å². The van der Waals surface area contributed by atoms with Crippen LogP contribution >= 0.6 is 0 Å². The Labute approximate surface area is 393 Å². The standard InChI is InChI=1S/C49H71BN6O11/c1-29(38-15-16-39-37-14-9-31-27-36(57)20-22-48(31,2)40(37)21-23-49(38,39)3)8-18-44(59)55-42(47(62)63)17-19-43(58)52-24-6-5-7-41(51-4)46(61)54-34-12-10-33(11-13-34)53-45(60)30-25-32(50(64)65)28-35(26-30)56(66)67/h10-13,25-26,28-29,31,36-42,51,57,64-65H,5-9,14-24,27H2,1-4H3,(H,52,58)(H,53,60)(H,54,61)(H,55,59)(H,62,63)/t29?,31-,36-,37?,38?,39?,40?,41?,42?,48+,49-/m0/s1. The van der Waals surface area contributed by atoms with Crippen LogP contribution in [0.15, 0.2) is 42.5 Å². The molecule has 2 aromatic rings. The van der Waals surface area contributed by atoms with Gasteiger partial charge in [-0.25, -0.2) is 4.79 Å². The summed E-state index contributed by atoms with van der Waals surface area (Å²) in [5.74, 6) is 0.852. The Kier molecular flexibility index (Phi) is 17.3. The largest absolute Gasteiger partial charge is 0.488 e. The normalized spacial score (nSPS) is 27.7. The van der Waals surface area contributed by atoms with Gasteiger partial charge in [-0.3, -0.25) is 29.3 Å². The molecular formula is C49H71BN6O11. The van der Waals surface area contributed by atoms with Crippen molar-refractivity contribution in [2.75, 3.05) is 24.2 Å². The molecular weight excluding hydrogens is 859 g/mol. The zero-order valence-electron chi connectivity index (χ0n) is 39.4. The number of benzene rings is 2. The Balaban J connectivity index is 0.863. The van der Waals surface area contributed by atoms with Gasteiger partial charge < -0.3 is 46.8 Å². The number of hydrogen-bond donors (Lipinski definition) is 9. The zero-order chi connectivity index (χ0) is 48.6. The first-order valence-corrected chi connectivity index (χ1v) is 24.3. The molecule has 67 heavy (non-hydrogen) atoms. The van der Waals surface area contributed by atoms with E-state index in [1.54, 1.807) is 19.2 Å². The lowest BCUT2D eigenvalue weighted by atomic mass is 9.44. The fourth-order valence-corrected chi connectivity index (χ4v) is 12.9. The van der Waals surface area contributed by atoms with Crippen LogP contribution in [-0.4, -0.2) is 93.7 Å².